The maximum Gasteiger partial charge on any atom is 0.573 e. The number of rotatable bonds is 5. The zero-order valence-corrected chi connectivity index (χ0v) is 15.6. The van der Waals surface area contributed by atoms with E-state index in [0.717, 1.165) is 5.76 Å². The SMILES string of the molecule is CN=C(NCc1ncc(C(C)(C)C)o1)NCc1ccccc1OC(F)(F)F. The first-order valence-corrected chi connectivity index (χ1v) is 8.32. The highest BCUT2D eigenvalue weighted by molar-refractivity contribution is 5.79. The van der Waals surface area contributed by atoms with Gasteiger partial charge in [-0.1, -0.05) is 39.0 Å². The van der Waals surface area contributed by atoms with Gasteiger partial charge >= 0.3 is 6.36 Å². The van der Waals surface area contributed by atoms with Gasteiger partial charge in [0.15, 0.2) is 5.96 Å². The van der Waals surface area contributed by atoms with Crippen LogP contribution in [-0.2, 0) is 18.5 Å². The van der Waals surface area contributed by atoms with Gasteiger partial charge < -0.3 is 19.8 Å². The fourth-order valence-electron chi connectivity index (χ4n) is 2.17. The van der Waals surface area contributed by atoms with Gasteiger partial charge in [0, 0.05) is 24.6 Å². The maximum absolute atomic E-state index is 12.5. The van der Waals surface area contributed by atoms with Crippen molar-refractivity contribution in [3.63, 3.8) is 0 Å². The van der Waals surface area contributed by atoms with E-state index in [0.29, 0.717) is 17.4 Å². The molecule has 0 aliphatic heterocycles. The normalized spacial score (nSPS) is 12.8. The van der Waals surface area contributed by atoms with Crippen molar-refractivity contribution in [3.05, 3.63) is 47.7 Å². The van der Waals surface area contributed by atoms with E-state index in [1.54, 1.807) is 25.4 Å². The predicted octanol–water partition coefficient (Wildman–Crippen LogP) is 3.74. The number of hydrogen-bond donors (Lipinski definition) is 2. The third-order valence-electron chi connectivity index (χ3n) is 3.57. The molecular formula is C18H23F3N4O2. The van der Waals surface area contributed by atoms with Gasteiger partial charge in [-0.3, -0.25) is 4.99 Å². The summed E-state index contributed by atoms with van der Waals surface area (Å²) in [7, 11) is 1.56. The van der Waals surface area contributed by atoms with Crippen LogP contribution in [0.1, 0.15) is 38.0 Å². The molecule has 2 N–H and O–H groups in total. The van der Waals surface area contributed by atoms with E-state index < -0.39 is 6.36 Å². The number of aliphatic imine (C=N–C) groups is 1. The molecule has 0 spiro atoms. The molecule has 0 aliphatic rings. The van der Waals surface area contributed by atoms with Crippen molar-refractivity contribution in [3.8, 4) is 5.75 Å². The molecule has 2 aromatic rings. The molecule has 9 heteroatoms. The van der Waals surface area contributed by atoms with Gasteiger partial charge in [-0.05, 0) is 6.07 Å². The third-order valence-corrected chi connectivity index (χ3v) is 3.57. The van der Waals surface area contributed by atoms with Crippen LogP contribution >= 0.6 is 0 Å². The maximum atomic E-state index is 12.5. The van der Waals surface area contributed by atoms with Crippen molar-refractivity contribution in [2.45, 2.75) is 45.6 Å². The number of halogens is 3. The van der Waals surface area contributed by atoms with Gasteiger partial charge in [-0.2, -0.15) is 0 Å². The Morgan fingerprint density at radius 1 is 1.15 bits per heavy atom. The summed E-state index contributed by atoms with van der Waals surface area (Å²) in [5.74, 6) is 1.40. The third kappa shape index (κ3) is 6.50. The monoisotopic (exact) mass is 384 g/mol. The van der Waals surface area contributed by atoms with Gasteiger partial charge in [0.1, 0.15) is 11.5 Å². The van der Waals surface area contributed by atoms with Crippen molar-refractivity contribution in [1.29, 1.82) is 0 Å². The average molecular weight is 384 g/mol. The largest absolute Gasteiger partial charge is 0.573 e. The van der Waals surface area contributed by atoms with Crippen LogP contribution in [0.2, 0.25) is 0 Å². The smallest absolute Gasteiger partial charge is 0.443 e. The fourth-order valence-corrected chi connectivity index (χ4v) is 2.17. The lowest BCUT2D eigenvalue weighted by atomic mass is 9.94. The second-order valence-electron chi connectivity index (χ2n) is 6.80. The van der Waals surface area contributed by atoms with Gasteiger partial charge in [0.2, 0.25) is 5.89 Å². The minimum atomic E-state index is -4.74. The molecule has 0 atom stereocenters. The molecule has 0 radical (unpaired) electrons. The minimum absolute atomic E-state index is 0.102. The first kappa shape index (κ1) is 20.6. The first-order chi connectivity index (χ1) is 12.6. The van der Waals surface area contributed by atoms with Crippen molar-refractivity contribution < 1.29 is 22.3 Å². The van der Waals surface area contributed by atoms with E-state index in [4.69, 9.17) is 4.42 Å². The molecule has 148 valence electrons. The molecule has 0 unspecified atom stereocenters. The molecule has 6 nitrogen and oxygen atoms in total. The van der Waals surface area contributed by atoms with E-state index in [9.17, 15) is 13.2 Å². The molecular weight excluding hydrogens is 361 g/mol. The number of hydrogen-bond acceptors (Lipinski definition) is 4. The van der Waals surface area contributed by atoms with Crippen molar-refractivity contribution in [2.75, 3.05) is 7.05 Å². The number of guanidine groups is 1. The summed E-state index contributed by atoms with van der Waals surface area (Å²) >= 11 is 0. The topological polar surface area (TPSA) is 71.7 Å². The number of para-hydroxylation sites is 1. The van der Waals surface area contributed by atoms with Crippen LogP contribution in [0.3, 0.4) is 0 Å². The van der Waals surface area contributed by atoms with Gasteiger partial charge in [-0.15, -0.1) is 13.2 Å². The summed E-state index contributed by atoms with van der Waals surface area (Å²) < 4.78 is 47.2. The van der Waals surface area contributed by atoms with E-state index >= 15 is 0 Å². The lowest BCUT2D eigenvalue weighted by Crippen LogP contribution is -2.36. The van der Waals surface area contributed by atoms with Gasteiger partial charge in [-0.25, -0.2) is 4.98 Å². The first-order valence-electron chi connectivity index (χ1n) is 8.32. The molecule has 1 aromatic carbocycles. The van der Waals surface area contributed by atoms with Crippen LogP contribution in [0.5, 0.6) is 5.75 Å². The van der Waals surface area contributed by atoms with E-state index in [1.807, 2.05) is 20.8 Å². The number of aromatic nitrogens is 1. The quantitative estimate of drug-likeness (QED) is 0.607. The summed E-state index contributed by atoms with van der Waals surface area (Å²) in [5.41, 5.74) is 0.205. The Morgan fingerprint density at radius 3 is 2.41 bits per heavy atom. The Bertz CT molecular complexity index is 779. The summed E-state index contributed by atoms with van der Waals surface area (Å²) in [6, 6.07) is 5.93. The Kier molecular flexibility index (Phi) is 6.35. The second-order valence-corrected chi connectivity index (χ2v) is 6.80. The number of nitrogens with zero attached hydrogens (tertiary/aromatic N) is 2. The van der Waals surface area contributed by atoms with Gasteiger partial charge in [0.05, 0.1) is 12.7 Å². The highest BCUT2D eigenvalue weighted by atomic mass is 19.4. The second kappa shape index (κ2) is 8.32. The number of ether oxygens (including phenoxy) is 1. The zero-order valence-electron chi connectivity index (χ0n) is 15.6. The highest BCUT2D eigenvalue weighted by Gasteiger charge is 2.31. The van der Waals surface area contributed by atoms with Crippen molar-refractivity contribution in [2.24, 2.45) is 4.99 Å². The van der Waals surface area contributed by atoms with Crippen LogP contribution in [0.25, 0.3) is 0 Å². The lowest BCUT2D eigenvalue weighted by Gasteiger charge is -2.15. The molecule has 0 fully saturated rings. The lowest BCUT2D eigenvalue weighted by molar-refractivity contribution is -0.274. The minimum Gasteiger partial charge on any atom is -0.443 e. The van der Waals surface area contributed by atoms with E-state index in [1.165, 1.54) is 12.1 Å². The van der Waals surface area contributed by atoms with Crippen LogP contribution in [0, 0.1) is 0 Å². The summed E-state index contributed by atoms with van der Waals surface area (Å²) in [6.07, 6.45) is -3.07. The summed E-state index contributed by atoms with van der Waals surface area (Å²) in [4.78, 5) is 8.24. The summed E-state index contributed by atoms with van der Waals surface area (Å²) in [5, 5.41) is 5.95. The van der Waals surface area contributed by atoms with E-state index in [-0.39, 0.29) is 24.3 Å². The Labute approximate surface area is 155 Å². The van der Waals surface area contributed by atoms with Gasteiger partial charge in [0.25, 0.3) is 0 Å². The molecule has 0 amide bonds. The molecule has 0 saturated heterocycles. The Balaban J connectivity index is 1.94. The van der Waals surface area contributed by atoms with Crippen molar-refractivity contribution >= 4 is 5.96 Å². The van der Waals surface area contributed by atoms with Crippen LogP contribution in [-0.4, -0.2) is 24.4 Å². The zero-order chi connectivity index (χ0) is 20.1. The average Bonchev–Trinajstić information content (AvgIpc) is 3.04. The highest BCUT2D eigenvalue weighted by Crippen LogP contribution is 2.26. The van der Waals surface area contributed by atoms with Crippen molar-refractivity contribution in [1.82, 2.24) is 15.6 Å². The molecule has 2 rings (SSSR count). The summed E-state index contributed by atoms with van der Waals surface area (Å²) in [6.45, 7) is 6.45. The molecule has 27 heavy (non-hydrogen) atoms. The molecule has 0 saturated carbocycles. The van der Waals surface area contributed by atoms with E-state index in [2.05, 4.69) is 25.3 Å². The molecule has 0 aliphatic carbocycles. The van der Waals surface area contributed by atoms with Crippen LogP contribution in [0.4, 0.5) is 13.2 Å². The molecule has 1 heterocycles. The van der Waals surface area contributed by atoms with Crippen LogP contribution in [0.15, 0.2) is 39.9 Å². The standard InChI is InChI=1S/C18H23F3N4O2/c1-17(2,3)14-10-23-15(26-14)11-25-16(22-4)24-9-12-7-5-6-8-13(12)27-18(19,20)21/h5-8,10H,9,11H2,1-4H3,(H2,22,24,25). The fraction of sp³-hybridized carbons (Fsp3) is 0.444. The Hall–Kier alpha value is -2.71. The number of nitrogens with one attached hydrogen (secondary N) is 2. The predicted molar refractivity (Wildman–Crippen MR) is 95.4 cm³/mol. The Morgan fingerprint density at radius 2 is 1.81 bits per heavy atom. The number of oxazole rings is 1. The number of alkyl halides is 3. The molecule has 0 bridgehead atoms. The van der Waals surface area contributed by atoms with Crippen LogP contribution < -0.4 is 15.4 Å². The molecule has 1 aromatic heterocycles. The number of benzene rings is 1.